The molecule has 0 bridgehead atoms. The van der Waals surface area contributed by atoms with Crippen LogP contribution in [-0.2, 0) is 21.6 Å². The standard InChI is InChI=1S/C19H19BrO4/c1-22-16-11-15(20)17(23-2)10-13(16)12-24-18(21)19(8-9-19)14-6-4-3-5-7-14/h3-7,10-11H,8-9,12H2,1-2H3. The number of esters is 1. The second kappa shape index (κ2) is 6.85. The fourth-order valence-corrected chi connectivity index (χ4v) is 3.30. The van der Waals surface area contributed by atoms with Crippen LogP contribution in [0.4, 0.5) is 0 Å². The Hall–Kier alpha value is -2.01. The predicted molar refractivity (Wildman–Crippen MR) is 94.4 cm³/mol. The number of halogens is 1. The van der Waals surface area contributed by atoms with E-state index in [4.69, 9.17) is 14.2 Å². The van der Waals surface area contributed by atoms with Gasteiger partial charge in [-0.3, -0.25) is 4.79 Å². The Morgan fingerprint density at radius 1 is 1.08 bits per heavy atom. The van der Waals surface area contributed by atoms with Crippen molar-refractivity contribution < 1.29 is 19.0 Å². The SMILES string of the molecule is COc1cc(COC(=O)C2(c3ccccc3)CC2)c(OC)cc1Br. The van der Waals surface area contributed by atoms with Crippen molar-refractivity contribution in [1.82, 2.24) is 0 Å². The lowest BCUT2D eigenvalue weighted by molar-refractivity contribution is -0.148. The fourth-order valence-electron chi connectivity index (χ4n) is 2.81. The topological polar surface area (TPSA) is 44.8 Å². The first-order chi connectivity index (χ1) is 11.6. The van der Waals surface area contributed by atoms with Crippen molar-refractivity contribution in [2.75, 3.05) is 14.2 Å². The van der Waals surface area contributed by atoms with Crippen LogP contribution < -0.4 is 9.47 Å². The van der Waals surface area contributed by atoms with Crippen LogP contribution in [0.25, 0.3) is 0 Å². The zero-order chi connectivity index (χ0) is 17.2. The first-order valence-corrected chi connectivity index (χ1v) is 8.53. The van der Waals surface area contributed by atoms with Crippen molar-refractivity contribution in [1.29, 1.82) is 0 Å². The summed E-state index contributed by atoms with van der Waals surface area (Å²) < 4.78 is 17.1. The highest BCUT2D eigenvalue weighted by Gasteiger charge is 2.52. The van der Waals surface area contributed by atoms with Crippen molar-refractivity contribution in [2.45, 2.75) is 24.9 Å². The lowest BCUT2D eigenvalue weighted by atomic mass is 9.96. The van der Waals surface area contributed by atoms with Gasteiger partial charge in [-0.05, 0) is 46.5 Å². The molecule has 0 heterocycles. The maximum absolute atomic E-state index is 12.6. The zero-order valence-electron chi connectivity index (χ0n) is 13.7. The van der Waals surface area contributed by atoms with E-state index in [2.05, 4.69) is 15.9 Å². The van der Waals surface area contributed by atoms with Gasteiger partial charge in [-0.15, -0.1) is 0 Å². The summed E-state index contributed by atoms with van der Waals surface area (Å²) in [6.07, 6.45) is 1.66. The van der Waals surface area contributed by atoms with Gasteiger partial charge in [0.15, 0.2) is 0 Å². The van der Waals surface area contributed by atoms with Crippen molar-refractivity contribution in [3.63, 3.8) is 0 Å². The maximum atomic E-state index is 12.6. The molecule has 0 aromatic heterocycles. The van der Waals surface area contributed by atoms with Crippen molar-refractivity contribution in [2.24, 2.45) is 0 Å². The summed E-state index contributed by atoms with van der Waals surface area (Å²) in [5, 5.41) is 0. The van der Waals surface area contributed by atoms with Gasteiger partial charge in [0.25, 0.3) is 0 Å². The van der Waals surface area contributed by atoms with E-state index in [9.17, 15) is 4.79 Å². The number of carbonyl (C=O) groups is 1. The number of benzene rings is 2. The van der Waals surface area contributed by atoms with E-state index in [1.807, 2.05) is 42.5 Å². The molecule has 3 rings (SSSR count). The number of hydrogen-bond acceptors (Lipinski definition) is 4. The van der Waals surface area contributed by atoms with E-state index >= 15 is 0 Å². The molecule has 0 amide bonds. The Kier molecular flexibility index (Phi) is 4.81. The van der Waals surface area contributed by atoms with Crippen molar-refractivity contribution >= 4 is 21.9 Å². The predicted octanol–water partition coefficient (Wildman–Crippen LogP) is 4.24. The van der Waals surface area contributed by atoms with Gasteiger partial charge in [0.1, 0.15) is 18.1 Å². The molecule has 1 fully saturated rings. The average Bonchev–Trinajstić information content (AvgIpc) is 3.42. The molecule has 4 nitrogen and oxygen atoms in total. The van der Waals surface area contributed by atoms with Crippen LogP contribution in [0.1, 0.15) is 24.0 Å². The molecule has 0 atom stereocenters. The van der Waals surface area contributed by atoms with Gasteiger partial charge >= 0.3 is 5.97 Å². The first kappa shape index (κ1) is 16.8. The van der Waals surface area contributed by atoms with E-state index in [1.165, 1.54) is 0 Å². The molecular formula is C19H19BrO4. The quantitative estimate of drug-likeness (QED) is 0.691. The average molecular weight is 391 g/mol. The highest BCUT2D eigenvalue weighted by Crippen LogP contribution is 2.49. The summed E-state index contributed by atoms with van der Waals surface area (Å²) in [6.45, 7) is 0.153. The molecule has 1 aliphatic rings. The Labute approximate surface area is 149 Å². The second-order valence-electron chi connectivity index (χ2n) is 5.82. The molecule has 0 radical (unpaired) electrons. The van der Waals surface area contributed by atoms with Crippen LogP contribution in [0, 0.1) is 0 Å². The number of ether oxygens (including phenoxy) is 3. The minimum atomic E-state index is -0.478. The summed E-state index contributed by atoms with van der Waals surface area (Å²) in [4.78, 5) is 12.6. The number of methoxy groups -OCH3 is 2. The molecule has 126 valence electrons. The molecule has 0 unspecified atom stereocenters. The number of hydrogen-bond donors (Lipinski definition) is 0. The highest BCUT2D eigenvalue weighted by atomic mass is 79.9. The summed E-state index contributed by atoms with van der Waals surface area (Å²) in [5.41, 5.74) is 1.32. The lowest BCUT2D eigenvalue weighted by Crippen LogP contribution is -2.23. The van der Waals surface area contributed by atoms with Crippen LogP contribution in [0.15, 0.2) is 46.9 Å². The summed E-state index contributed by atoms with van der Waals surface area (Å²) in [5.74, 6) is 1.14. The van der Waals surface area contributed by atoms with Crippen molar-refractivity contribution in [3.8, 4) is 11.5 Å². The van der Waals surface area contributed by atoms with Gasteiger partial charge in [-0.1, -0.05) is 30.3 Å². The fraction of sp³-hybridized carbons (Fsp3) is 0.316. The molecule has 1 aliphatic carbocycles. The number of carbonyl (C=O) groups excluding carboxylic acids is 1. The van der Waals surface area contributed by atoms with Gasteiger partial charge in [0.2, 0.25) is 0 Å². The van der Waals surface area contributed by atoms with Crippen LogP contribution in [0.3, 0.4) is 0 Å². The minimum Gasteiger partial charge on any atom is -0.496 e. The van der Waals surface area contributed by atoms with E-state index in [-0.39, 0.29) is 12.6 Å². The second-order valence-corrected chi connectivity index (χ2v) is 6.68. The monoisotopic (exact) mass is 390 g/mol. The van der Waals surface area contributed by atoms with Crippen molar-refractivity contribution in [3.05, 3.63) is 58.1 Å². The van der Waals surface area contributed by atoms with Gasteiger partial charge < -0.3 is 14.2 Å². The molecule has 2 aromatic rings. The van der Waals surface area contributed by atoms with Crippen LogP contribution >= 0.6 is 15.9 Å². The minimum absolute atomic E-state index is 0.153. The molecule has 0 aliphatic heterocycles. The van der Waals surface area contributed by atoms with Crippen LogP contribution in [0.2, 0.25) is 0 Å². The summed E-state index contributed by atoms with van der Waals surface area (Å²) >= 11 is 3.42. The van der Waals surface area contributed by atoms with E-state index in [0.29, 0.717) is 11.5 Å². The molecule has 2 aromatic carbocycles. The summed E-state index contributed by atoms with van der Waals surface area (Å²) in [7, 11) is 3.18. The third kappa shape index (κ3) is 3.13. The molecule has 0 saturated heterocycles. The Bertz CT molecular complexity index is 739. The van der Waals surface area contributed by atoms with Crippen LogP contribution in [0.5, 0.6) is 11.5 Å². The highest BCUT2D eigenvalue weighted by molar-refractivity contribution is 9.10. The Morgan fingerprint density at radius 3 is 2.33 bits per heavy atom. The molecule has 1 saturated carbocycles. The maximum Gasteiger partial charge on any atom is 0.316 e. The van der Waals surface area contributed by atoms with E-state index in [1.54, 1.807) is 14.2 Å². The summed E-state index contributed by atoms with van der Waals surface area (Å²) in [6, 6.07) is 13.4. The third-order valence-electron chi connectivity index (χ3n) is 4.38. The molecular weight excluding hydrogens is 372 g/mol. The van der Waals surface area contributed by atoms with E-state index in [0.717, 1.165) is 28.4 Å². The van der Waals surface area contributed by atoms with Gasteiger partial charge in [0, 0.05) is 5.56 Å². The number of rotatable bonds is 6. The lowest BCUT2D eigenvalue weighted by Gasteiger charge is -2.16. The van der Waals surface area contributed by atoms with Gasteiger partial charge in [-0.2, -0.15) is 0 Å². The van der Waals surface area contributed by atoms with Gasteiger partial charge in [0.05, 0.1) is 24.1 Å². The molecule has 0 N–H and O–H groups in total. The largest absolute Gasteiger partial charge is 0.496 e. The molecule has 24 heavy (non-hydrogen) atoms. The Morgan fingerprint density at radius 2 is 1.75 bits per heavy atom. The third-order valence-corrected chi connectivity index (χ3v) is 5.00. The Balaban J connectivity index is 1.75. The molecule has 5 heteroatoms. The smallest absolute Gasteiger partial charge is 0.316 e. The zero-order valence-corrected chi connectivity index (χ0v) is 15.3. The van der Waals surface area contributed by atoms with E-state index < -0.39 is 5.41 Å². The normalized spacial score (nSPS) is 14.8. The molecule has 0 spiro atoms. The first-order valence-electron chi connectivity index (χ1n) is 7.74. The van der Waals surface area contributed by atoms with Crippen LogP contribution in [-0.4, -0.2) is 20.2 Å². The van der Waals surface area contributed by atoms with Gasteiger partial charge in [-0.25, -0.2) is 0 Å².